The Labute approximate surface area is 190 Å². The molecule has 3 aromatic carbocycles. The van der Waals surface area contributed by atoms with Crippen molar-refractivity contribution >= 4 is 17.4 Å². The first kappa shape index (κ1) is 21.9. The number of benzene rings is 3. The molecule has 0 radical (unpaired) electrons. The second-order valence-corrected chi connectivity index (χ2v) is 7.87. The SMILES string of the molecule is O=C(Nc1ccc2c(c1)C(F)(F)C(F)(F)O2)N1CC(c2ccc(F)cc2)C(c2ccccc2)=N1. The normalized spacial score (nSPS) is 19.9. The number of hydrogen-bond acceptors (Lipinski definition) is 3. The first-order chi connectivity index (χ1) is 16.2. The van der Waals surface area contributed by atoms with E-state index in [1.165, 1.54) is 18.2 Å². The molecule has 10 heteroatoms. The molecule has 0 aliphatic carbocycles. The molecule has 3 aromatic rings. The van der Waals surface area contributed by atoms with Crippen molar-refractivity contribution in [1.82, 2.24) is 5.01 Å². The smallest absolute Gasteiger partial charge is 0.427 e. The van der Waals surface area contributed by atoms with E-state index in [-0.39, 0.29) is 18.2 Å². The highest BCUT2D eigenvalue weighted by Crippen LogP contribution is 2.53. The van der Waals surface area contributed by atoms with Crippen LogP contribution in [0.5, 0.6) is 5.75 Å². The maximum Gasteiger partial charge on any atom is 0.469 e. The van der Waals surface area contributed by atoms with Crippen molar-refractivity contribution in [2.24, 2.45) is 5.10 Å². The van der Waals surface area contributed by atoms with Gasteiger partial charge in [-0.25, -0.2) is 14.2 Å². The van der Waals surface area contributed by atoms with Crippen molar-refractivity contribution in [3.8, 4) is 5.75 Å². The van der Waals surface area contributed by atoms with Gasteiger partial charge in [0.15, 0.2) is 0 Å². The van der Waals surface area contributed by atoms with Gasteiger partial charge in [0.25, 0.3) is 0 Å². The van der Waals surface area contributed by atoms with Crippen LogP contribution < -0.4 is 10.1 Å². The van der Waals surface area contributed by atoms with Gasteiger partial charge in [-0.3, -0.25) is 0 Å². The highest BCUT2D eigenvalue weighted by atomic mass is 19.3. The van der Waals surface area contributed by atoms with Crippen LogP contribution in [0.25, 0.3) is 0 Å². The Morgan fingerprint density at radius 3 is 2.41 bits per heavy atom. The summed E-state index contributed by atoms with van der Waals surface area (Å²) in [6, 6.07) is 17.0. The second-order valence-electron chi connectivity index (χ2n) is 7.87. The second kappa shape index (κ2) is 7.82. The Bertz CT molecular complexity index is 1280. The number of hydrazone groups is 1. The molecule has 174 valence electrons. The van der Waals surface area contributed by atoms with Gasteiger partial charge in [-0.2, -0.15) is 22.7 Å². The number of nitrogens with one attached hydrogen (secondary N) is 1. The van der Waals surface area contributed by atoms with Crippen LogP contribution in [-0.4, -0.2) is 29.4 Å². The summed E-state index contributed by atoms with van der Waals surface area (Å²) in [5.41, 5.74) is 0.913. The molecule has 0 fully saturated rings. The summed E-state index contributed by atoms with van der Waals surface area (Å²) in [6.45, 7) is 0.101. The van der Waals surface area contributed by atoms with Gasteiger partial charge in [0.1, 0.15) is 11.6 Å². The lowest BCUT2D eigenvalue weighted by Gasteiger charge is -2.17. The number of ether oxygens (including phenoxy) is 1. The van der Waals surface area contributed by atoms with Crippen LogP contribution in [0.1, 0.15) is 22.6 Å². The van der Waals surface area contributed by atoms with E-state index in [9.17, 15) is 26.7 Å². The van der Waals surface area contributed by atoms with Crippen molar-refractivity contribution in [2.45, 2.75) is 17.9 Å². The van der Waals surface area contributed by atoms with Crippen LogP contribution in [0.2, 0.25) is 0 Å². The van der Waals surface area contributed by atoms with Crippen LogP contribution in [0.3, 0.4) is 0 Å². The average molecular weight is 473 g/mol. The van der Waals surface area contributed by atoms with Crippen molar-refractivity contribution in [3.63, 3.8) is 0 Å². The molecule has 5 nitrogen and oxygen atoms in total. The maximum absolute atomic E-state index is 14.0. The molecule has 0 bridgehead atoms. The summed E-state index contributed by atoms with van der Waals surface area (Å²) in [7, 11) is 0. The summed E-state index contributed by atoms with van der Waals surface area (Å²) < 4.78 is 72.4. The van der Waals surface area contributed by atoms with E-state index in [1.54, 1.807) is 12.1 Å². The lowest BCUT2D eigenvalue weighted by molar-refractivity contribution is -0.296. The predicted octanol–water partition coefficient (Wildman–Crippen LogP) is 5.94. The molecule has 0 saturated heterocycles. The van der Waals surface area contributed by atoms with Crippen LogP contribution in [0.15, 0.2) is 77.9 Å². The van der Waals surface area contributed by atoms with Crippen molar-refractivity contribution in [3.05, 3.63) is 95.3 Å². The van der Waals surface area contributed by atoms with Gasteiger partial charge in [0, 0.05) is 11.6 Å². The van der Waals surface area contributed by atoms with E-state index in [0.29, 0.717) is 5.71 Å². The zero-order chi connectivity index (χ0) is 24.1. The number of fused-ring (bicyclic) bond motifs is 1. The van der Waals surface area contributed by atoms with E-state index >= 15 is 0 Å². The van der Waals surface area contributed by atoms with Crippen LogP contribution in [0.4, 0.5) is 32.4 Å². The van der Waals surface area contributed by atoms with Gasteiger partial charge in [-0.05, 0) is 41.5 Å². The van der Waals surface area contributed by atoms with Gasteiger partial charge in [0.05, 0.1) is 17.8 Å². The Morgan fingerprint density at radius 2 is 1.71 bits per heavy atom. The number of anilines is 1. The third-order valence-corrected chi connectivity index (χ3v) is 5.66. The molecule has 1 unspecified atom stereocenters. The fourth-order valence-corrected chi connectivity index (χ4v) is 3.94. The van der Waals surface area contributed by atoms with Crippen LogP contribution in [-0.2, 0) is 5.92 Å². The molecular weight excluding hydrogens is 457 g/mol. The number of rotatable bonds is 3. The quantitative estimate of drug-likeness (QED) is 0.479. The zero-order valence-corrected chi connectivity index (χ0v) is 17.3. The minimum atomic E-state index is -4.68. The first-order valence-corrected chi connectivity index (χ1v) is 10.2. The summed E-state index contributed by atoms with van der Waals surface area (Å²) in [5.74, 6) is -5.97. The highest BCUT2D eigenvalue weighted by molar-refractivity contribution is 6.07. The third kappa shape index (κ3) is 3.64. The monoisotopic (exact) mass is 473 g/mol. The number of hydrogen-bond donors (Lipinski definition) is 1. The Kier molecular flexibility index (Phi) is 5.03. The number of amides is 2. The van der Waals surface area contributed by atoms with Gasteiger partial charge in [0.2, 0.25) is 0 Å². The van der Waals surface area contributed by atoms with Gasteiger partial charge in [-0.1, -0.05) is 42.5 Å². The molecule has 2 amide bonds. The third-order valence-electron chi connectivity index (χ3n) is 5.66. The largest absolute Gasteiger partial charge is 0.469 e. The standard InChI is InChI=1S/C24H16F5N3O2/c25-16-8-6-14(7-9-16)18-13-32(31-21(18)15-4-2-1-3-5-15)22(33)30-17-10-11-20-19(12-17)23(26,27)24(28,29)34-20/h1-12,18H,13H2,(H,30,33). The van der Waals surface area contributed by atoms with Crippen molar-refractivity contribution in [2.75, 3.05) is 11.9 Å². The molecule has 1 N–H and O–H groups in total. The van der Waals surface area contributed by atoms with E-state index in [2.05, 4.69) is 15.2 Å². The molecule has 0 saturated carbocycles. The molecular formula is C24H16F5N3O2. The average Bonchev–Trinajstić information content (AvgIpc) is 3.33. The number of halogens is 5. The molecule has 2 aliphatic heterocycles. The minimum Gasteiger partial charge on any atom is -0.427 e. The number of urea groups is 1. The Hall–Kier alpha value is -3.95. The van der Waals surface area contributed by atoms with Gasteiger partial charge in [-0.15, -0.1) is 0 Å². The van der Waals surface area contributed by atoms with E-state index in [1.807, 2.05) is 30.3 Å². The van der Waals surface area contributed by atoms with E-state index in [0.717, 1.165) is 28.3 Å². The lowest BCUT2D eigenvalue weighted by atomic mass is 9.90. The predicted molar refractivity (Wildman–Crippen MR) is 114 cm³/mol. The zero-order valence-electron chi connectivity index (χ0n) is 17.3. The van der Waals surface area contributed by atoms with Gasteiger partial charge >= 0.3 is 18.1 Å². The molecule has 1 atom stereocenters. The topological polar surface area (TPSA) is 53.9 Å². The maximum atomic E-state index is 14.0. The molecule has 2 heterocycles. The van der Waals surface area contributed by atoms with E-state index in [4.69, 9.17) is 0 Å². The number of carbonyl (C=O) groups is 1. The molecule has 0 spiro atoms. The molecule has 5 rings (SSSR count). The molecule has 34 heavy (non-hydrogen) atoms. The highest BCUT2D eigenvalue weighted by Gasteiger charge is 2.66. The summed E-state index contributed by atoms with van der Waals surface area (Å²) in [5, 5.41) is 7.95. The Balaban J connectivity index is 1.42. The first-order valence-electron chi connectivity index (χ1n) is 10.2. The number of alkyl halides is 4. The van der Waals surface area contributed by atoms with Crippen LogP contribution in [0, 0.1) is 5.82 Å². The van der Waals surface area contributed by atoms with Crippen molar-refractivity contribution in [1.29, 1.82) is 0 Å². The van der Waals surface area contributed by atoms with E-state index < -0.39 is 35.2 Å². The fourth-order valence-electron chi connectivity index (χ4n) is 3.94. The molecule has 2 aliphatic rings. The van der Waals surface area contributed by atoms with Crippen molar-refractivity contribution < 1.29 is 31.5 Å². The fraction of sp³-hybridized carbons (Fsp3) is 0.167. The van der Waals surface area contributed by atoms with Gasteiger partial charge < -0.3 is 10.1 Å². The number of carbonyl (C=O) groups excluding carboxylic acids is 1. The van der Waals surface area contributed by atoms with Crippen LogP contribution >= 0.6 is 0 Å². The minimum absolute atomic E-state index is 0.101. The number of nitrogens with zero attached hydrogens (tertiary/aromatic N) is 2. The summed E-state index contributed by atoms with van der Waals surface area (Å²) >= 11 is 0. The summed E-state index contributed by atoms with van der Waals surface area (Å²) in [4.78, 5) is 12.9. The molecule has 0 aromatic heterocycles. The Morgan fingerprint density at radius 1 is 1.00 bits per heavy atom. The lowest BCUT2D eigenvalue weighted by Crippen LogP contribution is -2.37. The summed E-state index contributed by atoms with van der Waals surface area (Å²) in [6.07, 6.45) is -4.68.